The van der Waals surface area contributed by atoms with E-state index in [0.717, 1.165) is 17.5 Å². The number of benzene rings is 1. The maximum atomic E-state index is 13.2. The highest BCUT2D eigenvalue weighted by atomic mass is 32.2. The van der Waals surface area contributed by atoms with E-state index in [-0.39, 0.29) is 11.4 Å². The molecule has 3 aromatic rings. The molecule has 0 fully saturated rings. The van der Waals surface area contributed by atoms with Gasteiger partial charge in [-0.25, -0.2) is 17.5 Å². The maximum Gasteiger partial charge on any atom is 0.241 e. The van der Waals surface area contributed by atoms with E-state index >= 15 is 0 Å². The van der Waals surface area contributed by atoms with Crippen LogP contribution in [0.15, 0.2) is 53.6 Å². The van der Waals surface area contributed by atoms with Crippen molar-refractivity contribution in [3.63, 3.8) is 0 Å². The fourth-order valence-electron chi connectivity index (χ4n) is 2.53. The Kier molecular flexibility index (Phi) is 4.65. The molecule has 25 heavy (non-hydrogen) atoms. The lowest BCUT2D eigenvalue weighted by Gasteiger charge is -2.08. The Hall–Kier alpha value is -2.58. The fraction of sp³-hybridized carbons (Fsp3) is 0.176. The quantitative estimate of drug-likeness (QED) is 0.758. The van der Waals surface area contributed by atoms with Crippen LogP contribution in [0, 0.1) is 12.7 Å². The lowest BCUT2D eigenvalue weighted by Crippen LogP contribution is -2.24. The van der Waals surface area contributed by atoms with Crippen molar-refractivity contribution in [1.29, 1.82) is 0 Å². The molecule has 0 saturated heterocycles. The Morgan fingerprint density at radius 1 is 1.20 bits per heavy atom. The molecular weight excluding hydrogens is 343 g/mol. The van der Waals surface area contributed by atoms with Crippen molar-refractivity contribution in [1.82, 2.24) is 19.5 Å². The van der Waals surface area contributed by atoms with Crippen LogP contribution in [0.2, 0.25) is 0 Å². The van der Waals surface area contributed by atoms with Crippen LogP contribution in [0.5, 0.6) is 0 Å². The summed E-state index contributed by atoms with van der Waals surface area (Å²) in [4.78, 5) is 4.32. The average Bonchev–Trinajstić information content (AvgIpc) is 2.94. The van der Waals surface area contributed by atoms with Crippen LogP contribution in [0.1, 0.15) is 11.3 Å². The molecule has 0 aliphatic carbocycles. The predicted octanol–water partition coefficient (Wildman–Crippen LogP) is 2.41. The third-order valence-electron chi connectivity index (χ3n) is 3.73. The zero-order valence-corrected chi connectivity index (χ0v) is 14.6. The number of nitrogens with one attached hydrogen (secondary N) is 1. The number of rotatable bonds is 5. The first kappa shape index (κ1) is 17.2. The van der Waals surface area contributed by atoms with Gasteiger partial charge in [0.05, 0.1) is 28.5 Å². The molecular formula is C17H17FN4O2S. The largest absolute Gasteiger partial charge is 0.266 e. The van der Waals surface area contributed by atoms with Crippen LogP contribution < -0.4 is 4.72 Å². The number of nitrogens with zero attached hydrogens (tertiary/aromatic N) is 3. The summed E-state index contributed by atoms with van der Waals surface area (Å²) < 4.78 is 42.1. The van der Waals surface area contributed by atoms with Crippen molar-refractivity contribution < 1.29 is 12.8 Å². The molecule has 0 amide bonds. The van der Waals surface area contributed by atoms with Gasteiger partial charge in [0.25, 0.3) is 0 Å². The van der Waals surface area contributed by atoms with Crippen molar-refractivity contribution >= 4 is 10.0 Å². The molecule has 0 bridgehead atoms. The summed E-state index contributed by atoms with van der Waals surface area (Å²) in [6, 6.07) is 10.9. The van der Waals surface area contributed by atoms with Crippen LogP contribution in [0.25, 0.3) is 11.4 Å². The zero-order valence-electron chi connectivity index (χ0n) is 13.8. The summed E-state index contributed by atoms with van der Waals surface area (Å²) in [7, 11) is -1.99. The van der Waals surface area contributed by atoms with Gasteiger partial charge in [0.2, 0.25) is 10.0 Å². The van der Waals surface area contributed by atoms with Gasteiger partial charge in [-0.2, -0.15) is 5.10 Å². The number of sulfonamides is 1. The fourth-order valence-corrected chi connectivity index (χ4v) is 3.75. The first-order valence-corrected chi connectivity index (χ1v) is 9.05. The van der Waals surface area contributed by atoms with E-state index in [1.165, 1.54) is 12.1 Å². The Morgan fingerprint density at radius 3 is 2.68 bits per heavy atom. The second-order valence-electron chi connectivity index (χ2n) is 5.59. The lowest BCUT2D eigenvalue weighted by molar-refractivity contribution is 0.577. The van der Waals surface area contributed by atoms with Crippen LogP contribution in [0.4, 0.5) is 4.39 Å². The molecule has 0 unspecified atom stereocenters. The summed E-state index contributed by atoms with van der Waals surface area (Å²) in [6.45, 7) is 1.58. The van der Waals surface area contributed by atoms with Crippen LogP contribution in [-0.2, 0) is 23.6 Å². The molecule has 1 N–H and O–H groups in total. The van der Waals surface area contributed by atoms with Gasteiger partial charge in [-0.15, -0.1) is 0 Å². The summed E-state index contributed by atoms with van der Waals surface area (Å²) in [6.07, 6.45) is 1.68. The van der Waals surface area contributed by atoms with Crippen molar-refractivity contribution in [2.75, 3.05) is 0 Å². The monoisotopic (exact) mass is 360 g/mol. The number of aromatic nitrogens is 3. The van der Waals surface area contributed by atoms with Gasteiger partial charge in [0, 0.05) is 13.2 Å². The van der Waals surface area contributed by atoms with Gasteiger partial charge in [-0.3, -0.25) is 9.67 Å². The van der Waals surface area contributed by atoms with E-state index in [4.69, 9.17) is 0 Å². The minimum Gasteiger partial charge on any atom is -0.266 e. The van der Waals surface area contributed by atoms with Gasteiger partial charge < -0.3 is 0 Å². The van der Waals surface area contributed by atoms with Gasteiger partial charge >= 0.3 is 0 Å². The number of aryl methyl sites for hydroxylation is 2. The van der Waals surface area contributed by atoms with Gasteiger partial charge in [-0.05, 0) is 48.9 Å². The molecule has 8 heteroatoms. The average molecular weight is 360 g/mol. The van der Waals surface area contributed by atoms with Crippen molar-refractivity contribution in [2.24, 2.45) is 7.05 Å². The summed E-state index contributed by atoms with van der Waals surface area (Å²) >= 11 is 0. The highest BCUT2D eigenvalue weighted by Crippen LogP contribution is 2.19. The van der Waals surface area contributed by atoms with Crippen LogP contribution >= 0.6 is 0 Å². The normalized spacial score (nSPS) is 11.6. The molecule has 0 radical (unpaired) electrons. The minimum atomic E-state index is -3.76. The second kappa shape index (κ2) is 6.73. The molecule has 3 rings (SSSR count). The molecule has 0 aliphatic rings. The lowest BCUT2D eigenvalue weighted by atomic mass is 10.2. The van der Waals surface area contributed by atoms with Crippen LogP contribution in [-0.4, -0.2) is 23.2 Å². The number of hydrogen-bond donors (Lipinski definition) is 1. The maximum absolute atomic E-state index is 13.2. The molecule has 0 saturated carbocycles. The third-order valence-corrected chi connectivity index (χ3v) is 5.29. The minimum absolute atomic E-state index is 0.0276. The highest BCUT2D eigenvalue weighted by molar-refractivity contribution is 7.89. The Morgan fingerprint density at radius 2 is 2.00 bits per heavy atom. The number of pyridine rings is 1. The molecule has 130 valence electrons. The molecule has 1 aromatic carbocycles. The summed E-state index contributed by atoms with van der Waals surface area (Å²) in [5, 5.41) is 4.31. The van der Waals surface area contributed by atoms with E-state index in [1.54, 1.807) is 30.9 Å². The Bertz CT molecular complexity index is 1000. The number of halogens is 1. The smallest absolute Gasteiger partial charge is 0.241 e. The summed E-state index contributed by atoms with van der Waals surface area (Å²) in [5.41, 5.74) is 2.45. The van der Waals surface area contributed by atoms with Gasteiger partial charge in [0.1, 0.15) is 5.82 Å². The first-order valence-electron chi connectivity index (χ1n) is 7.57. The van der Waals surface area contributed by atoms with Crippen molar-refractivity contribution in [3.8, 4) is 11.4 Å². The zero-order chi connectivity index (χ0) is 18.0. The van der Waals surface area contributed by atoms with Crippen molar-refractivity contribution in [3.05, 3.63) is 65.7 Å². The molecule has 0 aliphatic heterocycles. The van der Waals surface area contributed by atoms with Crippen molar-refractivity contribution in [2.45, 2.75) is 18.4 Å². The Labute approximate surface area is 145 Å². The van der Waals surface area contributed by atoms with Gasteiger partial charge in [0.15, 0.2) is 0 Å². The molecule has 6 nitrogen and oxygen atoms in total. The topological polar surface area (TPSA) is 76.9 Å². The van der Waals surface area contributed by atoms with E-state index < -0.39 is 15.8 Å². The molecule has 2 heterocycles. The van der Waals surface area contributed by atoms with Crippen LogP contribution in [0.3, 0.4) is 0 Å². The van der Waals surface area contributed by atoms with E-state index in [9.17, 15) is 12.8 Å². The molecule has 0 atom stereocenters. The molecule has 2 aromatic heterocycles. The van der Waals surface area contributed by atoms with E-state index in [2.05, 4.69) is 14.8 Å². The molecule has 0 spiro atoms. The highest BCUT2D eigenvalue weighted by Gasteiger charge is 2.18. The third kappa shape index (κ3) is 3.75. The second-order valence-corrected chi connectivity index (χ2v) is 7.33. The summed E-state index contributed by atoms with van der Waals surface area (Å²) in [5.74, 6) is -0.471. The first-order chi connectivity index (χ1) is 11.9. The SMILES string of the molecule is Cc1cc(F)ccc1S(=O)(=O)NCc1cc(-c2ccccn2)n(C)n1. The van der Waals surface area contributed by atoms with E-state index in [1.807, 2.05) is 18.2 Å². The predicted molar refractivity (Wildman–Crippen MR) is 91.6 cm³/mol. The standard InChI is InChI=1S/C17H17FN4O2S/c1-12-9-13(18)6-7-17(12)25(23,24)20-11-14-10-16(22(2)21-14)15-5-3-4-8-19-15/h3-10,20H,11H2,1-2H3. The van der Waals surface area contributed by atoms with Gasteiger partial charge in [-0.1, -0.05) is 6.07 Å². The van der Waals surface area contributed by atoms with E-state index in [0.29, 0.717) is 11.3 Å². The number of hydrogen-bond acceptors (Lipinski definition) is 4. The Balaban J connectivity index is 1.80.